The van der Waals surface area contributed by atoms with Gasteiger partial charge < -0.3 is 16.9 Å². The Hall–Kier alpha value is -3.29. The van der Waals surface area contributed by atoms with Gasteiger partial charge in [-0.3, -0.25) is 9.17 Å². The zero-order valence-corrected chi connectivity index (χ0v) is 26.6. The van der Waals surface area contributed by atoms with E-state index in [-0.39, 0.29) is 18.9 Å². The van der Waals surface area contributed by atoms with Crippen LogP contribution < -0.4 is 4.90 Å². The van der Waals surface area contributed by atoms with Crippen LogP contribution in [0, 0.1) is 7.43 Å². The molecule has 0 aliphatic carbocycles. The SMILES string of the molecule is CN(C)c1cccc2c(S(=O)(=O)OCCn3c(-c4cccc5cccnc45)nc4ccccc43)cccc12.[CH3-].[Cl][Pt+]. The first kappa shape index (κ1) is 30.7. The Morgan fingerprint density at radius 1 is 0.878 bits per heavy atom. The Bertz CT molecular complexity index is 1920. The second kappa shape index (κ2) is 13.1. The quantitative estimate of drug-likeness (QED) is 0.129. The summed E-state index contributed by atoms with van der Waals surface area (Å²) in [6.45, 7) is 0.254. The topological polar surface area (TPSA) is 77.3 Å². The van der Waals surface area contributed by atoms with E-state index in [1.54, 1.807) is 37.1 Å². The van der Waals surface area contributed by atoms with Crippen LogP contribution in [0.2, 0.25) is 0 Å². The third-order valence-electron chi connectivity index (χ3n) is 6.69. The molecule has 0 aliphatic heterocycles. The number of hydrogen-bond acceptors (Lipinski definition) is 6. The van der Waals surface area contributed by atoms with Gasteiger partial charge in [-0.15, -0.1) is 0 Å². The molecule has 0 N–H and O–H groups in total. The maximum absolute atomic E-state index is 13.4. The number of halogens is 1. The molecule has 0 spiro atoms. The average Bonchev–Trinajstić information content (AvgIpc) is 3.35. The summed E-state index contributed by atoms with van der Waals surface area (Å²) < 4.78 is 34.4. The van der Waals surface area contributed by atoms with Gasteiger partial charge in [-0.25, -0.2) is 4.98 Å². The summed E-state index contributed by atoms with van der Waals surface area (Å²) in [6, 6.07) is 28.6. The van der Waals surface area contributed by atoms with Gasteiger partial charge in [-0.2, -0.15) is 8.42 Å². The molecule has 6 aromatic rings. The molecular weight excluding hydrogens is 739 g/mol. The molecule has 0 atom stereocenters. The number of hydrogen-bond donors (Lipinski definition) is 0. The molecule has 0 fully saturated rings. The Balaban J connectivity index is 0.00000126. The van der Waals surface area contributed by atoms with Gasteiger partial charge in [0.05, 0.1) is 23.2 Å². The number of fused-ring (bicyclic) bond motifs is 3. The van der Waals surface area contributed by atoms with Crippen LogP contribution in [-0.2, 0) is 39.6 Å². The third-order valence-corrected chi connectivity index (χ3v) is 8.06. The summed E-state index contributed by atoms with van der Waals surface area (Å²) in [7, 11) is 4.47. The van der Waals surface area contributed by atoms with Crippen LogP contribution in [0.15, 0.2) is 102 Å². The van der Waals surface area contributed by atoms with E-state index >= 15 is 0 Å². The number of para-hydroxylation sites is 3. The van der Waals surface area contributed by atoms with E-state index in [1.165, 1.54) is 0 Å². The van der Waals surface area contributed by atoms with Crippen molar-refractivity contribution in [1.29, 1.82) is 0 Å². The molecule has 2 aromatic heterocycles. The Labute approximate surface area is 255 Å². The van der Waals surface area contributed by atoms with Crippen LogP contribution in [0.3, 0.4) is 0 Å². The van der Waals surface area contributed by atoms with E-state index in [0.29, 0.717) is 11.9 Å². The molecule has 214 valence electrons. The van der Waals surface area contributed by atoms with Crippen molar-refractivity contribution in [1.82, 2.24) is 14.5 Å². The van der Waals surface area contributed by atoms with Gasteiger partial charge in [-0.05, 0) is 36.4 Å². The van der Waals surface area contributed by atoms with E-state index in [4.69, 9.17) is 9.17 Å². The first-order chi connectivity index (χ1) is 19.4. The van der Waals surface area contributed by atoms with Gasteiger partial charge in [0.25, 0.3) is 10.1 Å². The minimum atomic E-state index is -4.01. The summed E-state index contributed by atoms with van der Waals surface area (Å²) in [5.74, 6) is 0.720. The monoisotopic (exact) mass is 767 g/mol. The van der Waals surface area contributed by atoms with Gasteiger partial charge in [0.15, 0.2) is 0 Å². The van der Waals surface area contributed by atoms with Crippen LogP contribution >= 0.6 is 9.42 Å². The van der Waals surface area contributed by atoms with Crippen molar-refractivity contribution in [2.75, 3.05) is 25.6 Å². The minimum absolute atomic E-state index is 0. The van der Waals surface area contributed by atoms with Gasteiger partial charge in [0.2, 0.25) is 0 Å². The molecule has 41 heavy (non-hydrogen) atoms. The fraction of sp³-hybridized carbons (Fsp3) is 0.129. The molecule has 6 rings (SSSR count). The van der Waals surface area contributed by atoms with E-state index in [2.05, 4.69) is 14.4 Å². The fourth-order valence-corrected chi connectivity index (χ4v) is 6.08. The molecule has 7 nitrogen and oxygen atoms in total. The third kappa shape index (κ3) is 6.02. The standard InChI is InChI=1S/C30H26N4O3S.CH3.ClH.Pt/c1-33(2)26-16-6-12-23-22(26)11-7-17-28(23)38(35,36)37-20-19-34-27-15-4-3-14-25(27)32-30(34)24-13-5-9-21-10-8-18-31-29(21)24;;;/h3-18H,19-20H2,1-2H3;1H3;1H;/q;-1;;+2/p-1. The molecule has 4 aromatic carbocycles. The van der Waals surface area contributed by atoms with Crippen LogP contribution in [0.4, 0.5) is 5.69 Å². The van der Waals surface area contributed by atoms with Gasteiger partial charge >= 0.3 is 28.2 Å². The van der Waals surface area contributed by atoms with Crippen molar-refractivity contribution in [3.05, 3.63) is 105 Å². The number of nitrogens with zero attached hydrogens (tertiary/aromatic N) is 4. The van der Waals surface area contributed by atoms with Gasteiger partial charge in [0, 0.05) is 54.2 Å². The molecule has 0 aliphatic rings. The molecule has 0 bridgehead atoms. The Morgan fingerprint density at radius 3 is 2.39 bits per heavy atom. The molecule has 10 heteroatoms. The summed E-state index contributed by atoms with van der Waals surface area (Å²) in [5.41, 5.74) is 4.39. The number of anilines is 1. The van der Waals surface area contributed by atoms with E-state index in [0.717, 1.165) is 44.4 Å². The summed E-state index contributed by atoms with van der Waals surface area (Å²) in [6.07, 6.45) is 1.76. The van der Waals surface area contributed by atoms with E-state index in [9.17, 15) is 8.42 Å². The van der Waals surface area contributed by atoms with Crippen molar-refractivity contribution >= 4 is 57.9 Å². The molecule has 0 unspecified atom stereocenters. The molecule has 2 heterocycles. The Morgan fingerprint density at radius 2 is 1.59 bits per heavy atom. The van der Waals surface area contributed by atoms with Crippen molar-refractivity contribution < 1.29 is 31.4 Å². The first-order valence-electron chi connectivity index (χ1n) is 12.4. The zero-order valence-electron chi connectivity index (χ0n) is 22.8. The maximum atomic E-state index is 13.4. The molecule has 0 amide bonds. The number of imidazole rings is 1. The van der Waals surface area contributed by atoms with Crippen molar-refractivity contribution in [3.8, 4) is 11.4 Å². The summed E-state index contributed by atoms with van der Waals surface area (Å²) >= 11 is 1.61. The van der Waals surface area contributed by atoms with Crippen LogP contribution in [0.1, 0.15) is 0 Å². The number of aromatic nitrogens is 3. The summed E-state index contributed by atoms with van der Waals surface area (Å²) in [5, 5.41) is 2.50. The van der Waals surface area contributed by atoms with Crippen LogP contribution in [0.5, 0.6) is 0 Å². The number of pyridine rings is 1. The van der Waals surface area contributed by atoms with Crippen LogP contribution in [0.25, 0.3) is 44.1 Å². The number of benzene rings is 4. The Kier molecular flexibility index (Phi) is 9.82. The molecule has 0 saturated carbocycles. The van der Waals surface area contributed by atoms with Crippen molar-refractivity contribution in [3.63, 3.8) is 0 Å². The summed E-state index contributed by atoms with van der Waals surface area (Å²) in [4.78, 5) is 11.6. The van der Waals surface area contributed by atoms with Crippen LogP contribution in [-0.4, -0.2) is 43.7 Å². The second-order valence-electron chi connectivity index (χ2n) is 9.26. The molecular formula is C31H29ClN4O3PtS. The predicted molar refractivity (Wildman–Crippen MR) is 164 cm³/mol. The fourth-order valence-electron chi connectivity index (χ4n) is 4.97. The first-order valence-corrected chi connectivity index (χ1v) is 16.7. The van der Waals surface area contributed by atoms with Crippen molar-refractivity contribution in [2.24, 2.45) is 0 Å². The van der Waals surface area contributed by atoms with E-state index in [1.807, 2.05) is 102 Å². The van der Waals surface area contributed by atoms with E-state index < -0.39 is 10.1 Å². The zero-order chi connectivity index (χ0) is 28.3. The average molecular weight is 768 g/mol. The van der Waals surface area contributed by atoms with Gasteiger partial charge in [0.1, 0.15) is 10.7 Å². The molecule has 0 radical (unpaired) electrons. The van der Waals surface area contributed by atoms with Crippen molar-refractivity contribution in [2.45, 2.75) is 11.4 Å². The normalized spacial score (nSPS) is 11.2. The number of rotatable bonds is 7. The predicted octanol–water partition coefficient (Wildman–Crippen LogP) is 7.01. The molecule has 0 saturated heterocycles. The second-order valence-corrected chi connectivity index (χ2v) is 10.8. The van der Waals surface area contributed by atoms with Gasteiger partial charge in [-0.1, -0.05) is 54.6 Å².